The number of carbonyl (C=O) groups is 1. The van der Waals surface area contributed by atoms with Gasteiger partial charge in [0.05, 0.1) is 6.10 Å². The molecule has 0 aromatic heterocycles. The lowest BCUT2D eigenvalue weighted by Crippen LogP contribution is -2.74. The van der Waals surface area contributed by atoms with Crippen LogP contribution in [-0.2, 0) is 9.53 Å². The number of hydrogen-bond acceptors (Lipinski definition) is 5. The van der Waals surface area contributed by atoms with Gasteiger partial charge in [-0.05, 0) is 45.3 Å². The van der Waals surface area contributed by atoms with Crippen molar-refractivity contribution in [2.45, 2.75) is 38.8 Å². The lowest BCUT2D eigenvalue weighted by molar-refractivity contribution is -0.166. The van der Waals surface area contributed by atoms with Crippen molar-refractivity contribution in [1.82, 2.24) is 4.90 Å². The first-order chi connectivity index (χ1) is 11.7. The lowest BCUT2D eigenvalue weighted by Gasteiger charge is -2.57. The smallest absolute Gasteiger partial charge is 0.245 e. The zero-order chi connectivity index (χ0) is 18.7. The van der Waals surface area contributed by atoms with Crippen LogP contribution in [0.5, 0.6) is 5.75 Å². The van der Waals surface area contributed by atoms with Crippen molar-refractivity contribution in [2.75, 3.05) is 39.2 Å². The molecule has 1 fully saturated rings. The van der Waals surface area contributed by atoms with Gasteiger partial charge in [-0.1, -0.05) is 13.8 Å². The molecule has 0 spiro atoms. The fraction of sp³-hybridized carbons (Fsp3) is 0.632. The summed E-state index contributed by atoms with van der Waals surface area (Å²) in [5, 5.41) is 2.92. The van der Waals surface area contributed by atoms with E-state index in [1.165, 1.54) is 0 Å². The topological polar surface area (TPSA) is 76.8 Å². The Kier molecular flexibility index (Phi) is 6.08. The highest BCUT2D eigenvalue weighted by molar-refractivity contribution is 5.99. The van der Waals surface area contributed by atoms with Crippen molar-refractivity contribution < 1.29 is 14.3 Å². The molecule has 1 saturated carbocycles. The van der Waals surface area contributed by atoms with Crippen LogP contribution in [0, 0.1) is 5.41 Å². The lowest BCUT2D eigenvalue weighted by atomic mass is 9.54. The van der Waals surface area contributed by atoms with E-state index in [9.17, 15) is 4.79 Å². The van der Waals surface area contributed by atoms with Crippen molar-refractivity contribution in [3.05, 3.63) is 24.3 Å². The third-order valence-corrected chi connectivity index (χ3v) is 5.15. The molecular weight excluding hydrogens is 318 g/mol. The molecule has 140 valence electrons. The number of amides is 1. The van der Waals surface area contributed by atoms with E-state index in [4.69, 9.17) is 15.2 Å². The van der Waals surface area contributed by atoms with Crippen LogP contribution in [-0.4, -0.2) is 56.3 Å². The van der Waals surface area contributed by atoms with Gasteiger partial charge in [0.1, 0.15) is 17.9 Å². The molecule has 1 aromatic carbocycles. The molecule has 6 nitrogen and oxygen atoms in total. The molecule has 1 aliphatic rings. The minimum Gasteiger partial charge on any atom is -0.492 e. The average Bonchev–Trinajstić information content (AvgIpc) is 2.55. The summed E-state index contributed by atoms with van der Waals surface area (Å²) < 4.78 is 11.3. The number of hydrogen-bond donors (Lipinski definition) is 2. The third-order valence-electron chi connectivity index (χ3n) is 5.15. The second kappa shape index (κ2) is 7.72. The first kappa shape index (κ1) is 19.7. The maximum Gasteiger partial charge on any atom is 0.245 e. The largest absolute Gasteiger partial charge is 0.492 e. The van der Waals surface area contributed by atoms with E-state index in [-0.39, 0.29) is 12.0 Å². The van der Waals surface area contributed by atoms with Crippen LogP contribution in [0.3, 0.4) is 0 Å². The number of nitrogens with one attached hydrogen (secondary N) is 1. The number of likely N-dealkylation sites (N-methyl/N-ethyl adjacent to an activating group) is 1. The SMILES string of the molecule is CCOC1CC(N)(C(=O)Nc2ccc(OCCN(C)C)cc2)C1(C)C. The minimum absolute atomic E-state index is 0.0146. The van der Waals surface area contributed by atoms with Crippen molar-refractivity contribution in [3.8, 4) is 5.75 Å². The monoisotopic (exact) mass is 349 g/mol. The average molecular weight is 349 g/mol. The summed E-state index contributed by atoms with van der Waals surface area (Å²) in [6.45, 7) is 8.02. The number of carbonyl (C=O) groups excluding carboxylic acids is 1. The predicted octanol–water partition coefficient (Wildman–Crippen LogP) is 2.10. The fourth-order valence-corrected chi connectivity index (χ4v) is 3.04. The molecule has 0 saturated heterocycles. The first-order valence-corrected chi connectivity index (χ1v) is 8.80. The molecule has 2 unspecified atom stereocenters. The Morgan fingerprint density at radius 3 is 2.48 bits per heavy atom. The van der Waals surface area contributed by atoms with Crippen LogP contribution in [0.4, 0.5) is 5.69 Å². The molecule has 1 aliphatic carbocycles. The number of nitrogens with two attached hydrogens (primary N) is 1. The van der Waals surface area contributed by atoms with Gasteiger partial charge in [-0.3, -0.25) is 4.79 Å². The van der Waals surface area contributed by atoms with E-state index in [2.05, 4.69) is 10.2 Å². The molecule has 0 aliphatic heterocycles. The summed E-state index contributed by atoms with van der Waals surface area (Å²) in [6, 6.07) is 7.36. The van der Waals surface area contributed by atoms with Gasteiger partial charge < -0.3 is 25.4 Å². The van der Waals surface area contributed by atoms with Gasteiger partial charge >= 0.3 is 0 Å². The van der Waals surface area contributed by atoms with Gasteiger partial charge in [0.25, 0.3) is 0 Å². The molecule has 2 atom stereocenters. The molecule has 1 aromatic rings. The van der Waals surface area contributed by atoms with E-state index >= 15 is 0 Å². The first-order valence-electron chi connectivity index (χ1n) is 8.80. The van der Waals surface area contributed by atoms with Gasteiger partial charge in [-0.25, -0.2) is 0 Å². The zero-order valence-corrected chi connectivity index (χ0v) is 16.0. The third kappa shape index (κ3) is 4.14. The van der Waals surface area contributed by atoms with E-state index in [0.717, 1.165) is 12.3 Å². The Morgan fingerprint density at radius 2 is 1.96 bits per heavy atom. The molecule has 25 heavy (non-hydrogen) atoms. The standard InChI is InChI=1S/C19H31N3O3/c1-6-24-16-13-19(20,18(16,2)3)17(23)21-14-7-9-15(10-8-14)25-12-11-22(4)5/h7-10,16H,6,11-13,20H2,1-5H3,(H,21,23). The minimum atomic E-state index is -0.923. The predicted molar refractivity (Wildman–Crippen MR) is 99.9 cm³/mol. The molecule has 1 amide bonds. The Labute approximate surface area is 150 Å². The highest BCUT2D eigenvalue weighted by Crippen LogP contribution is 2.50. The summed E-state index contributed by atoms with van der Waals surface area (Å²) in [5.41, 5.74) is 5.79. The number of ether oxygens (including phenoxy) is 2. The van der Waals surface area contributed by atoms with Crippen LogP contribution >= 0.6 is 0 Å². The summed E-state index contributed by atoms with van der Waals surface area (Å²) in [5.74, 6) is 0.609. The maximum atomic E-state index is 12.7. The molecule has 3 N–H and O–H groups in total. The van der Waals surface area contributed by atoms with Crippen LogP contribution in [0.1, 0.15) is 27.2 Å². The highest BCUT2D eigenvalue weighted by atomic mass is 16.5. The number of anilines is 1. The summed E-state index contributed by atoms with van der Waals surface area (Å²) in [4.78, 5) is 14.7. The Morgan fingerprint density at radius 1 is 1.32 bits per heavy atom. The molecule has 6 heteroatoms. The van der Waals surface area contributed by atoms with Crippen LogP contribution < -0.4 is 15.8 Å². The Hall–Kier alpha value is -1.63. The van der Waals surface area contributed by atoms with Crippen molar-refractivity contribution in [2.24, 2.45) is 11.1 Å². The molecule has 2 rings (SSSR count). The van der Waals surface area contributed by atoms with Gasteiger partial charge in [0.2, 0.25) is 5.91 Å². The van der Waals surface area contributed by atoms with Crippen LogP contribution in [0.2, 0.25) is 0 Å². The number of nitrogens with zero attached hydrogens (tertiary/aromatic N) is 1. The van der Waals surface area contributed by atoms with Crippen molar-refractivity contribution in [1.29, 1.82) is 0 Å². The molecule has 0 radical (unpaired) electrons. The second-order valence-corrected chi connectivity index (χ2v) is 7.47. The van der Waals surface area contributed by atoms with Gasteiger partial charge in [0, 0.05) is 30.7 Å². The Bertz CT molecular complexity index is 586. The zero-order valence-electron chi connectivity index (χ0n) is 16.0. The Balaban J connectivity index is 1.92. The van der Waals surface area contributed by atoms with Gasteiger partial charge in [-0.15, -0.1) is 0 Å². The van der Waals surface area contributed by atoms with E-state index in [1.807, 2.05) is 59.1 Å². The highest BCUT2D eigenvalue weighted by Gasteiger charge is 2.62. The molecule has 0 bridgehead atoms. The number of benzene rings is 1. The maximum absolute atomic E-state index is 12.7. The van der Waals surface area contributed by atoms with Gasteiger partial charge in [0.15, 0.2) is 0 Å². The van der Waals surface area contributed by atoms with E-state index in [1.54, 1.807) is 0 Å². The van der Waals surface area contributed by atoms with Crippen molar-refractivity contribution >= 4 is 11.6 Å². The van der Waals surface area contributed by atoms with E-state index < -0.39 is 11.0 Å². The van der Waals surface area contributed by atoms with Gasteiger partial charge in [-0.2, -0.15) is 0 Å². The molecular formula is C19H31N3O3. The van der Waals surface area contributed by atoms with E-state index in [0.29, 0.717) is 25.3 Å². The fourth-order valence-electron chi connectivity index (χ4n) is 3.04. The normalized spacial score (nSPS) is 24.7. The summed E-state index contributed by atoms with van der Waals surface area (Å²) in [6.07, 6.45) is 0.548. The second-order valence-electron chi connectivity index (χ2n) is 7.47. The number of rotatable bonds is 8. The quantitative estimate of drug-likeness (QED) is 0.752. The van der Waals surface area contributed by atoms with Crippen LogP contribution in [0.15, 0.2) is 24.3 Å². The summed E-state index contributed by atoms with van der Waals surface area (Å²) in [7, 11) is 4.01. The summed E-state index contributed by atoms with van der Waals surface area (Å²) >= 11 is 0. The van der Waals surface area contributed by atoms with Crippen LogP contribution in [0.25, 0.3) is 0 Å². The molecule has 0 heterocycles. The van der Waals surface area contributed by atoms with Crippen molar-refractivity contribution in [3.63, 3.8) is 0 Å².